The number of nitrogens with one attached hydrogen (secondary N) is 1. The first kappa shape index (κ1) is 14.1. The van der Waals surface area contributed by atoms with Gasteiger partial charge in [-0.2, -0.15) is 0 Å². The molecule has 0 bridgehead atoms. The van der Waals surface area contributed by atoms with Gasteiger partial charge < -0.3 is 5.32 Å². The van der Waals surface area contributed by atoms with Gasteiger partial charge >= 0.3 is 0 Å². The maximum absolute atomic E-state index is 3.71. The van der Waals surface area contributed by atoms with Gasteiger partial charge in [0.1, 0.15) is 0 Å². The van der Waals surface area contributed by atoms with E-state index in [1.54, 1.807) is 0 Å². The van der Waals surface area contributed by atoms with Gasteiger partial charge in [-0.05, 0) is 56.7 Å². The van der Waals surface area contributed by atoms with Gasteiger partial charge in [-0.25, -0.2) is 0 Å². The van der Waals surface area contributed by atoms with Crippen LogP contribution in [0.25, 0.3) is 0 Å². The number of hydrogen-bond donors (Lipinski definition) is 1. The second-order valence-corrected chi connectivity index (χ2v) is 6.61. The van der Waals surface area contributed by atoms with Gasteiger partial charge in [-0.1, -0.05) is 36.8 Å². The van der Waals surface area contributed by atoms with E-state index in [1.165, 1.54) is 63.7 Å². The summed E-state index contributed by atoms with van der Waals surface area (Å²) in [4.78, 5) is 2.66. The molecule has 0 aliphatic carbocycles. The highest BCUT2D eigenvalue weighted by atomic mass is 15.1. The second-order valence-electron chi connectivity index (χ2n) is 6.61. The third-order valence-electron chi connectivity index (χ3n) is 4.88. The third kappa shape index (κ3) is 4.07. The zero-order valence-corrected chi connectivity index (χ0v) is 12.6. The summed E-state index contributed by atoms with van der Waals surface area (Å²) in [7, 11) is 0. The van der Waals surface area contributed by atoms with Gasteiger partial charge in [0.2, 0.25) is 0 Å². The monoisotopic (exact) mass is 272 g/mol. The first-order valence-electron chi connectivity index (χ1n) is 8.40. The Bertz CT molecular complexity index is 384. The fourth-order valence-electron chi connectivity index (χ4n) is 3.86. The smallest absolute Gasteiger partial charge is 0.0233 e. The summed E-state index contributed by atoms with van der Waals surface area (Å²) in [5.41, 5.74) is 1.46. The van der Waals surface area contributed by atoms with E-state index in [-0.39, 0.29) is 0 Å². The highest BCUT2D eigenvalue weighted by Crippen LogP contribution is 2.24. The lowest BCUT2D eigenvalue weighted by atomic mass is 9.88. The van der Waals surface area contributed by atoms with Crippen molar-refractivity contribution >= 4 is 0 Å². The zero-order chi connectivity index (χ0) is 13.6. The molecule has 1 aromatic carbocycles. The number of likely N-dealkylation sites (tertiary alicyclic amines) is 1. The maximum Gasteiger partial charge on any atom is 0.0233 e. The van der Waals surface area contributed by atoms with Crippen LogP contribution in [0.2, 0.25) is 0 Å². The van der Waals surface area contributed by atoms with Crippen molar-refractivity contribution in [3.8, 4) is 0 Å². The summed E-state index contributed by atoms with van der Waals surface area (Å²) in [5, 5.41) is 3.71. The van der Waals surface area contributed by atoms with Crippen LogP contribution >= 0.6 is 0 Å². The van der Waals surface area contributed by atoms with E-state index in [4.69, 9.17) is 0 Å². The van der Waals surface area contributed by atoms with Gasteiger partial charge in [0.25, 0.3) is 0 Å². The molecule has 0 saturated carbocycles. The quantitative estimate of drug-likeness (QED) is 0.903. The van der Waals surface area contributed by atoms with Crippen LogP contribution in [0.5, 0.6) is 0 Å². The number of benzene rings is 1. The highest BCUT2D eigenvalue weighted by Gasteiger charge is 2.23. The van der Waals surface area contributed by atoms with Crippen molar-refractivity contribution in [2.45, 2.75) is 51.1 Å². The number of rotatable bonds is 4. The van der Waals surface area contributed by atoms with Crippen molar-refractivity contribution in [3.05, 3.63) is 35.9 Å². The minimum atomic E-state index is 0.797. The molecule has 2 nitrogen and oxygen atoms in total. The summed E-state index contributed by atoms with van der Waals surface area (Å²) < 4.78 is 0. The Morgan fingerprint density at radius 3 is 2.75 bits per heavy atom. The summed E-state index contributed by atoms with van der Waals surface area (Å²) in [6.45, 7) is 4.96. The van der Waals surface area contributed by atoms with Gasteiger partial charge in [0.05, 0.1) is 0 Å². The average molecular weight is 272 g/mol. The van der Waals surface area contributed by atoms with E-state index in [9.17, 15) is 0 Å². The molecule has 20 heavy (non-hydrogen) atoms. The normalized spacial score (nSPS) is 28.4. The van der Waals surface area contributed by atoms with Crippen LogP contribution in [-0.4, -0.2) is 30.6 Å². The fraction of sp³-hybridized carbons (Fsp3) is 0.667. The molecule has 110 valence electrons. The van der Waals surface area contributed by atoms with Crippen molar-refractivity contribution < 1.29 is 0 Å². The van der Waals surface area contributed by atoms with Crippen LogP contribution in [0.4, 0.5) is 0 Å². The van der Waals surface area contributed by atoms with E-state index >= 15 is 0 Å². The number of hydrogen-bond acceptors (Lipinski definition) is 2. The predicted molar refractivity (Wildman–Crippen MR) is 84.7 cm³/mol. The molecule has 0 amide bonds. The molecule has 2 unspecified atom stereocenters. The lowest BCUT2D eigenvalue weighted by Gasteiger charge is -2.35. The van der Waals surface area contributed by atoms with Gasteiger partial charge in [0.15, 0.2) is 0 Å². The SMILES string of the molecule is c1ccc(CN2CCCC(CC3CCCCN3)C2)cc1. The van der Waals surface area contributed by atoms with Crippen molar-refractivity contribution in [2.24, 2.45) is 5.92 Å². The van der Waals surface area contributed by atoms with Crippen molar-refractivity contribution in [3.63, 3.8) is 0 Å². The molecule has 3 rings (SSSR count). The molecule has 0 radical (unpaired) electrons. The van der Waals surface area contributed by atoms with Crippen LogP contribution in [0.15, 0.2) is 30.3 Å². The van der Waals surface area contributed by atoms with E-state index < -0.39 is 0 Å². The molecule has 2 heteroatoms. The molecule has 2 heterocycles. The van der Waals surface area contributed by atoms with Crippen molar-refractivity contribution in [1.29, 1.82) is 0 Å². The molecule has 2 aliphatic heterocycles. The van der Waals surface area contributed by atoms with Crippen LogP contribution < -0.4 is 5.32 Å². The van der Waals surface area contributed by atoms with Crippen LogP contribution in [-0.2, 0) is 6.54 Å². The van der Waals surface area contributed by atoms with E-state index in [2.05, 4.69) is 40.5 Å². The van der Waals surface area contributed by atoms with Crippen LogP contribution in [0.1, 0.15) is 44.1 Å². The molecular weight excluding hydrogens is 244 g/mol. The number of piperidine rings is 2. The third-order valence-corrected chi connectivity index (χ3v) is 4.88. The Morgan fingerprint density at radius 1 is 1.05 bits per heavy atom. The average Bonchev–Trinajstić information content (AvgIpc) is 2.50. The Morgan fingerprint density at radius 2 is 1.95 bits per heavy atom. The second kappa shape index (κ2) is 7.24. The van der Waals surface area contributed by atoms with Gasteiger partial charge in [0, 0.05) is 19.1 Å². The largest absolute Gasteiger partial charge is 0.314 e. The summed E-state index contributed by atoms with van der Waals surface area (Å²) in [6, 6.07) is 11.7. The molecule has 2 saturated heterocycles. The summed E-state index contributed by atoms with van der Waals surface area (Å²) in [6.07, 6.45) is 8.41. The molecule has 1 aromatic rings. The highest BCUT2D eigenvalue weighted by molar-refractivity contribution is 5.14. The summed E-state index contributed by atoms with van der Waals surface area (Å²) in [5.74, 6) is 0.906. The molecule has 2 aliphatic rings. The zero-order valence-electron chi connectivity index (χ0n) is 12.6. The van der Waals surface area contributed by atoms with Crippen LogP contribution in [0, 0.1) is 5.92 Å². The lowest BCUT2D eigenvalue weighted by molar-refractivity contribution is 0.149. The van der Waals surface area contributed by atoms with E-state index in [1.807, 2.05) is 0 Å². The number of nitrogens with zero attached hydrogens (tertiary/aromatic N) is 1. The Hall–Kier alpha value is -0.860. The van der Waals surface area contributed by atoms with Gasteiger partial charge in [-0.3, -0.25) is 4.90 Å². The molecular formula is C18H28N2. The standard InChI is InChI=1S/C18H28N2/c1-2-7-16(8-3-1)14-20-12-6-9-17(15-20)13-18-10-4-5-11-19-18/h1-3,7-8,17-19H,4-6,9-15H2. The van der Waals surface area contributed by atoms with Crippen LogP contribution in [0.3, 0.4) is 0 Å². The minimum absolute atomic E-state index is 0.797. The topological polar surface area (TPSA) is 15.3 Å². The van der Waals surface area contributed by atoms with Crippen molar-refractivity contribution in [1.82, 2.24) is 10.2 Å². The first-order chi connectivity index (χ1) is 9.90. The van der Waals surface area contributed by atoms with E-state index in [0.717, 1.165) is 18.5 Å². The molecule has 0 spiro atoms. The minimum Gasteiger partial charge on any atom is -0.314 e. The summed E-state index contributed by atoms with van der Waals surface area (Å²) >= 11 is 0. The Labute approximate surface area is 123 Å². The van der Waals surface area contributed by atoms with Crippen molar-refractivity contribution in [2.75, 3.05) is 19.6 Å². The Kier molecular flexibility index (Phi) is 5.10. The molecule has 2 atom stereocenters. The first-order valence-corrected chi connectivity index (χ1v) is 8.40. The predicted octanol–water partition coefficient (Wildman–Crippen LogP) is 3.43. The maximum atomic E-state index is 3.71. The molecule has 0 aromatic heterocycles. The lowest BCUT2D eigenvalue weighted by Crippen LogP contribution is -2.40. The van der Waals surface area contributed by atoms with E-state index in [0.29, 0.717) is 0 Å². The molecule has 1 N–H and O–H groups in total. The fourth-order valence-corrected chi connectivity index (χ4v) is 3.86. The van der Waals surface area contributed by atoms with Gasteiger partial charge in [-0.15, -0.1) is 0 Å². The Balaban J connectivity index is 1.48. The molecule has 2 fully saturated rings.